The van der Waals surface area contributed by atoms with E-state index in [0.29, 0.717) is 0 Å². The Morgan fingerprint density at radius 1 is 1.14 bits per heavy atom. The normalized spacial score (nSPS) is 13.2. The van der Waals surface area contributed by atoms with Crippen LogP contribution < -0.4 is 5.56 Å². The van der Waals surface area contributed by atoms with Gasteiger partial charge in [0.1, 0.15) is 0 Å². The van der Waals surface area contributed by atoms with Crippen LogP contribution in [0.15, 0.2) is 47.4 Å². The molecule has 0 aliphatic carbocycles. The predicted octanol–water partition coefficient (Wildman–Crippen LogP) is 3.19. The minimum absolute atomic E-state index is 0.0830. The van der Waals surface area contributed by atoms with E-state index in [4.69, 9.17) is 0 Å². The molecule has 1 aromatic heterocycles. The molecule has 0 amide bonds. The van der Waals surface area contributed by atoms with E-state index in [0.717, 1.165) is 11.1 Å². The quantitative estimate of drug-likeness (QED) is 0.941. The van der Waals surface area contributed by atoms with E-state index in [1.165, 1.54) is 10.1 Å². The molecule has 0 saturated carbocycles. The summed E-state index contributed by atoms with van der Waals surface area (Å²) in [5, 5.41) is 10.3. The summed E-state index contributed by atoms with van der Waals surface area (Å²) in [5.41, 5.74) is 3.00. The van der Waals surface area contributed by atoms with Gasteiger partial charge in [0.25, 0.3) is 5.56 Å². The van der Waals surface area contributed by atoms with Crippen molar-refractivity contribution in [1.82, 2.24) is 4.57 Å². The zero-order valence-electron chi connectivity index (χ0n) is 13.1. The van der Waals surface area contributed by atoms with Crippen molar-refractivity contribution in [2.75, 3.05) is 0 Å². The number of hydrogen-bond acceptors (Lipinski definition) is 2. The number of aryl methyl sites for hydroxylation is 1. The van der Waals surface area contributed by atoms with Crippen LogP contribution in [0.3, 0.4) is 0 Å². The molecule has 1 N–H and O–H groups in total. The van der Waals surface area contributed by atoms with Gasteiger partial charge in [-0.25, -0.2) is 0 Å². The first kappa shape index (κ1) is 15.5. The summed E-state index contributed by atoms with van der Waals surface area (Å²) in [6, 6.07) is 11.4. The SMILES string of the molecule is Cc1ccn(CC(O)c2ccc(C(C)(C)C)cc2)c(=O)c1. The van der Waals surface area contributed by atoms with Crippen molar-refractivity contribution in [3.05, 3.63) is 69.6 Å². The molecule has 0 saturated heterocycles. The van der Waals surface area contributed by atoms with Gasteiger partial charge in [-0.05, 0) is 35.1 Å². The van der Waals surface area contributed by atoms with Crippen LogP contribution in [0.25, 0.3) is 0 Å². The molecular weight excluding hydrogens is 262 g/mol. The van der Waals surface area contributed by atoms with Gasteiger partial charge in [-0.1, -0.05) is 45.0 Å². The van der Waals surface area contributed by atoms with Gasteiger partial charge in [0, 0.05) is 12.3 Å². The second-order valence-electron chi connectivity index (χ2n) is 6.58. The molecule has 1 aromatic carbocycles. The van der Waals surface area contributed by atoms with Crippen molar-refractivity contribution >= 4 is 0 Å². The molecule has 2 aromatic rings. The Kier molecular flexibility index (Phi) is 4.33. The largest absolute Gasteiger partial charge is 0.387 e. The van der Waals surface area contributed by atoms with Crippen molar-refractivity contribution in [2.24, 2.45) is 0 Å². The molecule has 0 aliphatic heterocycles. The average molecular weight is 285 g/mol. The van der Waals surface area contributed by atoms with Gasteiger partial charge in [-0.15, -0.1) is 0 Å². The van der Waals surface area contributed by atoms with Crippen LogP contribution in [0.4, 0.5) is 0 Å². The number of aliphatic hydroxyl groups is 1. The number of nitrogens with zero attached hydrogens (tertiary/aromatic N) is 1. The maximum absolute atomic E-state index is 11.8. The summed E-state index contributed by atoms with van der Waals surface area (Å²) >= 11 is 0. The van der Waals surface area contributed by atoms with Crippen LogP contribution in [0.5, 0.6) is 0 Å². The third kappa shape index (κ3) is 3.82. The topological polar surface area (TPSA) is 42.2 Å². The van der Waals surface area contributed by atoms with Crippen LogP contribution >= 0.6 is 0 Å². The van der Waals surface area contributed by atoms with Crippen molar-refractivity contribution in [3.8, 4) is 0 Å². The van der Waals surface area contributed by atoms with E-state index in [1.807, 2.05) is 37.3 Å². The number of benzene rings is 1. The summed E-state index contributed by atoms with van der Waals surface area (Å²) in [5.74, 6) is 0. The minimum Gasteiger partial charge on any atom is -0.387 e. The lowest BCUT2D eigenvalue weighted by Gasteiger charge is -2.20. The molecule has 1 heterocycles. The number of rotatable bonds is 3. The van der Waals surface area contributed by atoms with Gasteiger partial charge >= 0.3 is 0 Å². The Morgan fingerprint density at radius 2 is 1.76 bits per heavy atom. The van der Waals surface area contributed by atoms with Crippen LogP contribution in [0, 0.1) is 6.92 Å². The van der Waals surface area contributed by atoms with Gasteiger partial charge in [-0.3, -0.25) is 4.79 Å². The maximum atomic E-state index is 11.8. The average Bonchev–Trinajstić information content (AvgIpc) is 2.41. The Labute approximate surface area is 125 Å². The highest BCUT2D eigenvalue weighted by atomic mass is 16.3. The predicted molar refractivity (Wildman–Crippen MR) is 85.5 cm³/mol. The van der Waals surface area contributed by atoms with E-state index in [9.17, 15) is 9.90 Å². The van der Waals surface area contributed by atoms with Gasteiger partial charge < -0.3 is 9.67 Å². The highest BCUT2D eigenvalue weighted by Crippen LogP contribution is 2.24. The standard InChI is InChI=1S/C18H23NO2/c1-13-9-10-19(17(21)11-13)12-16(20)14-5-7-15(8-6-14)18(2,3)4/h5-11,16,20H,12H2,1-4H3. The third-order valence-corrected chi connectivity index (χ3v) is 3.68. The highest BCUT2D eigenvalue weighted by Gasteiger charge is 2.15. The Bertz CT molecular complexity index is 663. The van der Waals surface area contributed by atoms with Gasteiger partial charge in [0.05, 0.1) is 12.6 Å². The summed E-state index contributed by atoms with van der Waals surface area (Å²) in [7, 11) is 0. The number of pyridine rings is 1. The molecule has 3 heteroatoms. The second kappa shape index (κ2) is 5.86. The van der Waals surface area contributed by atoms with E-state index in [2.05, 4.69) is 20.8 Å². The first-order valence-electron chi connectivity index (χ1n) is 7.23. The zero-order valence-corrected chi connectivity index (χ0v) is 13.1. The number of hydrogen-bond donors (Lipinski definition) is 1. The molecule has 1 atom stereocenters. The second-order valence-corrected chi connectivity index (χ2v) is 6.58. The van der Waals surface area contributed by atoms with Crippen LogP contribution in [-0.4, -0.2) is 9.67 Å². The molecule has 21 heavy (non-hydrogen) atoms. The van der Waals surface area contributed by atoms with Crippen LogP contribution in [0.2, 0.25) is 0 Å². The fraction of sp³-hybridized carbons (Fsp3) is 0.389. The van der Waals surface area contributed by atoms with Crippen molar-refractivity contribution in [3.63, 3.8) is 0 Å². The highest BCUT2D eigenvalue weighted by molar-refractivity contribution is 5.28. The monoisotopic (exact) mass is 285 g/mol. The Hall–Kier alpha value is -1.87. The lowest BCUT2D eigenvalue weighted by molar-refractivity contribution is 0.155. The minimum atomic E-state index is -0.681. The molecule has 112 valence electrons. The van der Waals surface area contributed by atoms with E-state index < -0.39 is 6.10 Å². The number of aromatic nitrogens is 1. The molecule has 3 nitrogen and oxygen atoms in total. The Balaban J connectivity index is 2.17. The summed E-state index contributed by atoms with van der Waals surface area (Å²) < 4.78 is 1.54. The lowest BCUT2D eigenvalue weighted by atomic mass is 9.86. The van der Waals surface area contributed by atoms with Gasteiger partial charge in [0.15, 0.2) is 0 Å². The maximum Gasteiger partial charge on any atom is 0.250 e. The Morgan fingerprint density at radius 3 is 2.29 bits per heavy atom. The molecule has 0 spiro atoms. The van der Waals surface area contributed by atoms with Crippen molar-refractivity contribution in [2.45, 2.75) is 45.8 Å². The zero-order chi connectivity index (χ0) is 15.6. The van der Waals surface area contributed by atoms with E-state index >= 15 is 0 Å². The fourth-order valence-corrected chi connectivity index (χ4v) is 2.25. The fourth-order valence-electron chi connectivity index (χ4n) is 2.25. The van der Waals surface area contributed by atoms with Gasteiger partial charge in [-0.2, -0.15) is 0 Å². The van der Waals surface area contributed by atoms with Crippen LogP contribution in [-0.2, 0) is 12.0 Å². The van der Waals surface area contributed by atoms with Crippen molar-refractivity contribution in [1.29, 1.82) is 0 Å². The third-order valence-electron chi connectivity index (χ3n) is 3.68. The summed E-state index contributed by atoms with van der Waals surface area (Å²) in [4.78, 5) is 11.8. The van der Waals surface area contributed by atoms with Crippen molar-refractivity contribution < 1.29 is 5.11 Å². The van der Waals surface area contributed by atoms with E-state index in [-0.39, 0.29) is 17.5 Å². The van der Waals surface area contributed by atoms with E-state index in [1.54, 1.807) is 12.3 Å². The molecular formula is C18H23NO2. The van der Waals surface area contributed by atoms with Crippen LogP contribution in [0.1, 0.15) is 43.6 Å². The first-order valence-corrected chi connectivity index (χ1v) is 7.23. The molecule has 0 fully saturated rings. The molecule has 0 radical (unpaired) electrons. The molecule has 0 bridgehead atoms. The molecule has 1 unspecified atom stereocenters. The molecule has 0 aliphatic rings. The number of aliphatic hydroxyl groups excluding tert-OH is 1. The van der Waals surface area contributed by atoms with Gasteiger partial charge in [0.2, 0.25) is 0 Å². The smallest absolute Gasteiger partial charge is 0.250 e. The summed E-state index contributed by atoms with van der Waals surface area (Å²) in [6.45, 7) is 8.63. The molecule has 2 rings (SSSR count). The lowest BCUT2D eigenvalue weighted by Crippen LogP contribution is -2.22. The first-order chi connectivity index (χ1) is 9.77. The summed E-state index contributed by atoms with van der Waals surface area (Å²) in [6.07, 6.45) is 1.05.